The lowest BCUT2D eigenvalue weighted by Gasteiger charge is -2.29. The van der Waals surface area contributed by atoms with Gasteiger partial charge in [0.25, 0.3) is 0 Å². The second-order valence-corrected chi connectivity index (χ2v) is 9.35. The molecule has 9 nitrogen and oxygen atoms in total. The van der Waals surface area contributed by atoms with Crippen LogP contribution in [0.1, 0.15) is 34.3 Å². The standard InChI is InChI=1S/C27H26ClN5O4/c28-22-11-17(32-23(35)10-16-4-2-1-3-5-16)7-9-20(22)25(36)21-12-29-26-24(21)27(31-15-30-26)33-18-6-8-19(13-34)37-14-18/h1-5,7,9,11-12,15,18-19,34H,6,8,10,13-14H2,(H,32,35)(H2,29,30,31,33)/t18-,19+/m1/s1. The molecule has 0 bridgehead atoms. The summed E-state index contributed by atoms with van der Waals surface area (Å²) in [6, 6.07) is 14.2. The highest BCUT2D eigenvalue weighted by Crippen LogP contribution is 2.30. The minimum atomic E-state index is -0.295. The van der Waals surface area contributed by atoms with Crippen molar-refractivity contribution in [1.29, 1.82) is 0 Å². The average Bonchev–Trinajstić information content (AvgIpc) is 3.35. The van der Waals surface area contributed by atoms with E-state index in [2.05, 4.69) is 25.6 Å². The third kappa shape index (κ3) is 5.64. The van der Waals surface area contributed by atoms with Crippen molar-refractivity contribution in [3.8, 4) is 0 Å². The number of anilines is 2. The fraction of sp³-hybridized carbons (Fsp3) is 0.259. The number of nitrogens with one attached hydrogen (secondary N) is 3. The van der Waals surface area contributed by atoms with Crippen LogP contribution in [0.15, 0.2) is 61.1 Å². The van der Waals surface area contributed by atoms with Gasteiger partial charge in [0.15, 0.2) is 5.78 Å². The number of nitrogens with zero attached hydrogens (tertiary/aromatic N) is 2. The first-order chi connectivity index (χ1) is 18.0. The Morgan fingerprint density at radius 3 is 2.68 bits per heavy atom. The topological polar surface area (TPSA) is 129 Å². The van der Waals surface area contributed by atoms with Crippen LogP contribution in [0.25, 0.3) is 11.0 Å². The number of ether oxygens (including phenoxy) is 1. The zero-order valence-corrected chi connectivity index (χ0v) is 20.7. The summed E-state index contributed by atoms with van der Waals surface area (Å²) in [5.74, 6) is 0.0471. The molecular formula is C27H26ClN5O4. The first-order valence-corrected chi connectivity index (χ1v) is 12.4. The maximum absolute atomic E-state index is 13.5. The lowest BCUT2D eigenvalue weighted by molar-refractivity contribution is -0.115. The van der Waals surface area contributed by atoms with Crippen LogP contribution in [0.3, 0.4) is 0 Å². The Kier molecular flexibility index (Phi) is 7.45. The molecule has 37 heavy (non-hydrogen) atoms. The van der Waals surface area contributed by atoms with Crippen LogP contribution < -0.4 is 10.6 Å². The number of carbonyl (C=O) groups excluding carboxylic acids is 2. The van der Waals surface area contributed by atoms with Crippen LogP contribution >= 0.6 is 11.6 Å². The Bertz CT molecular complexity index is 1420. The molecule has 2 aromatic carbocycles. The third-order valence-corrected chi connectivity index (χ3v) is 6.65. The maximum Gasteiger partial charge on any atom is 0.228 e. The smallest absolute Gasteiger partial charge is 0.228 e. The molecule has 4 aromatic rings. The third-order valence-electron chi connectivity index (χ3n) is 6.33. The zero-order chi connectivity index (χ0) is 25.8. The van der Waals surface area contributed by atoms with Gasteiger partial charge in [-0.1, -0.05) is 41.9 Å². The van der Waals surface area contributed by atoms with Gasteiger partial charge in [-0.25, -0.2) is 9.97 Å². The number of aliphatic hydroxyl groups is 1. The molecule has 2 aromatic heterocycles. The van der Waals surface area contributed by atoms with Gasteiger partial charge in [0.05, 0.1) is 47.8 Å². The van der Waals surface area contributed by atoms with Crippen molar-refractivity contribution in [2.75, 3.05) is 23.8 Å². The fourth-order valence-corrected chi connectivity index (χ4v) is 4.68. The zero-order valence-electron chi connectivity index (χ0n) is 19.9. The fourth-order valence-electron chi connectivity index (χ4n) is 4.42. The molecule has 4 N–H and O–H groups in total. The number of aliphatic hydroxyl groups excluding tert-OH is 1. The Hall–Kier alpha value is -3.79. The van der Waals surface area contributed by atoms with Gasteiger partial charge < -0.3 is 25.5 Å². The van der Waals surface area contributed by atoms with E-state index < -0.39 is 0 Å². The number of benzene rings is 2. The van der Waals surface area contributed by atoms with Gasteiger partial charge in [-0.15, -0.1) is 0 Å². The van der Waals surface area contributed by atoms with Crippen molar-refractivity contribution in [2.45, 2.75) is 31.4 Å². The quantitative estimate of drug-likeness (QED) is 0.259. The molecule has 0 spiro atoms. The molecular weight excluding hydrogens is 494 g/mol. The van der Waals surface area contributed by atoms with Gasteiger partial charge >= 0.3 is 0 Å². The minimum Gasteiger partial charge on any atom is -0.394 e. The predicted octanol–water partition coefficient (Wildman–Crippen LogP) is 3.98. The summed E-state index contributed by atoms with van der Waals surface area (Å²) in [5, 5.41) is 16.3. The van der Waals surface area contributed by atoms with Crippen molar-refractivity contribution in [3.63, 3.8) is 0 Å². The van der Waals surface area contributed by atoms with Gasteiger partial charge in [-0.05, 0) is 36.6 Å². The van der Waals surface area contributed by atoms with E-state index in [1.54, 1.807) is 24.4 Å². The first kappa shape index (κ1) is 24.9. The predicted molar refractivity (Wildman–Crippen MR) is 141 cm³/mol. The van der Waals surface area contributed by atoms with Crippen LogP contribution in [0.2, 0.25) is 5.02 Å². The Morgan fingerprint density at radius 2 is 1.95 bits per heavy atom. The van der Waals surface area contributed by atoms with Crippen molar-refractivity contribution in [2.24, 2.45) is 0 Å². The molecule has 3 heterocycles. The summed E-state index contributed by atoms with van der Waals surface area (Å²) in [4.78, 5) is 37.6. The number of aromatic nitrogens is 3. The number of H-pyrrole nitrogens is 1. The van der Waals surface area contributed by atoms with Crippen LogP contribution in [0.4, 0.5) is 11.5 Å². The van der Waals surface area contributed by atoms with Gasteiger partial charge in [-0.3, -0.25) is 9.59 Å². The molecule has 0 radical (unpaired) electrons. The van der Waals surface area contributed by atoms with E-state index in [-0.39, 0.29) is 41.9 Å². The molecule has 1 saturated heterocycles. The van der Waals surface area contributed by atoms with E-state index in [0.29, 0.717) is 40.3 Å². The van der Waals surface area contributed by atoms with Crippen LogP contribution in [0, 0.1) is 0 Å². The number of rotatable bonds is 8. The summed E-state index contributed by atoms with van der Waals surface area (Å²) in [7, 11) is 0. The van der Waals surface area contributed by atoms with Crippen molar-refractivity contribution >= 4 is 45.8 Å². The minimum absolute atomic E-state index is 0.00279. The van der Waals surface area contributed by atoms with Gasteiger partial charge in [0.1, 0.15) is 17.8 Å². The largest absolute Gasteiger partial charge is 0.394 e. The first-order valence-electron chi connectivity index (χ1n) is 12.0. The Morgan fingerprint density at radius 1 is 1.11 bits per heavy atom. The molecule has 1 aliphatic rings. The maximum atomic E-state index is 13.5. The molecule has 0 unspecified atom stereocenters. The highest BCUT2D eigenvalue weighted by Gasteiger charge is 2.25. The number of carbonyl (C=O) groups is 2. The van der Waals surface area contributed by atoms with Crippen molar-refractivity contribution in [3.05, 3.63) is 82.8 Å². The number of aromatic amines is 1. The normalized spacial score (nSPS) is 17.5. The van der Waals surface area contributed by atoms with Gasteiger partial charge in [-0.2, -0.15) is 0 Å². The average molecular weight is 520 g/mol. The molecule has 5 rings (SSSR count). The second-order valence-electron chi connectivity index (χ2n) is 8.94. The molecule has 1 amide bonds. The molecule has 190 valence electrons. The van der Waals surface area contributed by atoms with E-state index >= 15 is 0 Å². The van der Waals surface area contributed by atoms with Crippen molar-refractivity contribution < 1.29 is 19.4 Å². The number of ketones is 1. The van der Waals surface area contributed by atoms with Gasteiger partial charge in [0.2, 0.25) is 5.91 Å². The second kappa shape index (κ2) is 11.1. The summed E-state index contributed by atoms with van der Waals surface area (Å²) in [6.07, 6.45) is 4.63. The van der Waals surface area contributed by atoms with E-state index in [1.807, 2.05) is 30.3 Å². The number of amides is 1. The Balaban J connectivity index is 1.34. The number of halogens is 1. The molecule has 10 heteroatoms. The summed E-state index contributed by atoms with van der Waals surface area (Å²) >= 11 is 6.49. The monoisotopic (exact) mass is 519 g/mol. The van der Waals surface area contributed by atoms with Crippen molar-refractivity contribution in [1.82, 2.24) is 15.0 Å². The number of hydrogen-bond acceptors (Lipinski definition) is 7. The van der Waals surface area contributed by atoms with E-state index in [1.165, 1.54) is 6.33 Å². The molecule has 0 aliphatic carbocycles. The summed E-state index contributed by atoms with van der Waals surface area (Å²) in [6.45, 7) is 0.422. The number of fused-ring (bicyclic) bond motifs is 1. The number of hydrogen-bond donors (Lipinski definition) is 4. The molecule has 0 saturated carbocycles. The molecule has 1 aliphatic heterocycles. The Labute approximate surface area is 218 Å². The van der Waals surface area contributed by atoms with Gasteiger partial charge in [0, 0.05) is 17.4 Å². The van der Waals surface area contributed by atoms with E-state index in [4.69, 9.17) is 16.3 Å². The highest BCUT2D eigenvalue weighted by atomic mass is 35.5. The van der Waals surface area contributed by atoms with Crippen LogP contribution in [-0.4, -0.2) is 57.1 Å². The highest BCUT2D eigenvalue weighted by molar-refractivity contribution is 6.36. The summed E-state index contributed by atoms with van der Waals surface area (Å²) < 4.78 is 5.66. The van der Waals surface area contributed by atoms with E-state index in [0.717, 1.165) is 18.4 Å². The SMILES string of the molecule is O=C(Cc1ccccc1)Nc1ccc(C(=O)c2c[nH]c3ncnc(N[C@@H]4CC[C@@H](CO)OC4)c23)c(Cl)c1. The van der Waals surface area contributed by atoms with Crippen LogP contribution in [-0.2, 0) is 16.0 Å². The van der Waals surface area contributed by atoms with Crippen LogP contribution in [0.5, 0.6) is 0 Å². The lowest BCUT2D eigenvalue weighted by atomic mass is 10.0. The molecule has 2 atom stereocenters. The summed E-state index contributed by atoms with van der Waals surface area (Å²) in [5.41, 5.74) is 2.60. The molecule has 1 fully saturated rings. The lowest BCUT2D eigenvalue weighted by Crippen LogP contribution is -2.36. The van der Waals surface area contributed by atoms with E-state index in [9.17, 15) is 14.7 Å².